The van der Waals surface area contributed by atoms with Crippen LogP contribution in [0.4, 0.5) is 0 Å². The minimum Gasteiger partial charge on any atom is -0.481 e. The van der Waals surface area contributed by atoms with Crippen LogP contribution in [0, 0.1) is 0 Å². The number of methoxy groups -OCH3 is 2. The molecule has 28 heavy (non-hydrogen) atoms. The van der Waals surface area contributed by atoms with Crippen molar-refractivity contribution in [3.63, 3.8) is 0 Å². The van der Waals surface area contributed by atoms with Gasteiger partial charge in [0, 0.05) is 31.8 Å². The maximum atomic E-state index is 13.1. The van der Waals surface area contributed by atoms with Crippen LogP contribution in [0.3, 0.4) is 0 Å². The smallest absolute Gasteiger partial charge is 0.274 e. The number of fused-ring (bicyclic) bond motifs is 1. The topological polar surface area (TPSA) is 89.8 Å². The van der Waals surface area contributed by atoms with Gasteiger partial charge in [-0.1, -0.05) is 0 Å². The zero-order valence-corrected chi connectivity index (χ0v) is 16.3. The van der Waals surface area contributed by atoms with Crippen molar-refractivity contribution in [3.8, 4) is 11.8 Å². The molecule has 4 heterocycles. The number of carbonyl (C=O) groups excluding carboxylic acids is 2. The molecule has 0 atom stereocenters. The van der Waals surface area contributed by atoms with Crippen LogP contribution in [0.25, 0.3) is 0 Å². The minimum atomic E-state index is -0.206. The largest absolute Gasteiger partial charge is 0.481 e. The molecule has 2 aliphatic rings. The van der Waals surface area contributed by atoms with Gasteiger partial charge in [0.2, 0.25) is 11.8 Å². The van der Waals surface area contributed by atoms with Gasteiger partial charge in [-0.2, -0.15) is 10.1 Å². The Morgan fingerprint density at radius 1 is 1.00 bits per heavy atom. The number of aromatic nitrogens is 3. The first kappa shape index (κ1) is 18.3. The van der Waals surface area contributed by atoms with E-state index in [0.29, 0.717) is 30.2 Å². The fourth-order valence-corrected chi connectivity index (χ4v) is 3.81. The Bertz CT molecular complexity index is 933. The Hall–Kier alpha value is -3.10. The molecule has 9 nitrogen and oxygen atoms in total. The average Bonchev–Trinajstić information content (AvgIpc) is 3.45. The molecule has 0 aromatic carbocycles. The van der Waals surface area contributed by atoms with Gasteiger partial charge in [0.1, 0.15) is 5.56 Å². The van der Waals surface area contributed by atoms with Gasteiger partial charge in [-0.3, -0.25) is 14.3 Å². The molecule has 9 heteroatoms. The summed E-state index contributed by atoms with van der Waals surface area (Å²) < 4.78 is 12.1. The van der Waals surface area contributed by atoms with E-state index in [0.717, 1.165) is 37.2 Å². The molecule has 2 aliphatic heterocycles. The average molecular weight is 385 g/mol. The van der Waals surface area contributed by atoms with Crippen LogP contribution in [0.15, 0.2) is 12.1 Å². The molecule has 0 bridgehead atoms. The zero-order chi connectivity index (χ0) is 19.8. The van der Waals surface area contributed by atoms with Crippen LogP contribution in [0.1, 0.15) is 44.9 Å². The van der Waals surface area contributed by atoms with Crippen molar-refractivity contribution in [1.29, 1.82) is 0 Å². The first-order chi connectivity index (χ1) is 13.5. The molecule has 1 saturated heterocycles. The Morgan fingerprint density at radius 3 is 2.43 bits per heavy atom. The molecule has 0 N–H and O–H groups in total. The second-order valence-corrected chi connectivity index (χ2v) is 6.97. The van der Waals surface area contributed by atoms with Crippen molar-refractivity contribution in [2.24, 2.45) is 7.05 Å². The normalized spacial score (nSPS) is 15.7. The third-order valence-corrected chi connectivity index (χ3v) is 5.32. The third-order valence-electron chi connectivity index (χ3n) is 5.32. The molecule has 0 radical (unpaired) electrons. The van der Waals surface area contributed by atoms with Crippen LogP contribution in [-0.2, 0) is 20.1 Å². The number of ether oxygens (including phenoxy) is 2. The first-order valence-corrected chi connectivity index (χ1v) is 9.25. The van der Waals surface area contributed by atoms with E-state index < -0.39 is 0 Å². The summed E-state index contributed by atoms with van der Waals surface area (Å²) in [6.45, 7) is 2.26. The van der Waals surface area contributed by atoms with E-state index in [-0.39, 0.29) is 17.7 Å². The van der Waals surface area contributed by atoms with Gasteiger partial charge in [0.25, 0.3) is 11.8 Å². The second-order valence-electron chi connectivity index (χ2n) is 6.97. The van der Waals surface area contributed by atoms with Gasteiger partial charge in [0.15, 0.2) is 5.69 Å². The van der Waals surface area contributed by atoms with Gasteiger partial charge in [-0.25, -0.2) is 0 Å². The van der Waals surface area contributed by atoms with Gasteiger partial charge < -0.3 is 19.3 Å². The van der Waals surface area contributed by atoms with Crippen LogP contribution in [0.5, 0.6) is 11.8 Å². The Labute approximate surface area is 162 Å². The van der Waals surface area contributed by atoms with E-state index in [1.54, 1.807) is 21.7 Å². The molecule has 148 valence electrons. The van der Waals surface area contributed by atoms with Crippen molar-refractivity contribution >= 4 is 11.8 Å². The number of hydrogen-bond donors (Lipinski definition) is 0. The fraction of sp³-hybridized carbons (Fsp3) is 0.474. The number of amides is 2. The highest BCUT2D eigenvalue weighted by Gasteiger charge is 2.35. The van der Waals surface area contributed by atoms with Gasteiger partial charge >= 0.3 is 0 Å². The molecule has 0 aliphatic carbocycles. The molecule has 4 rings (SSSR count). The lowest BCUT2D eigenvalue weighted by Crippen LogP contribution is -2.30. The molecule has 2 aromatic rings. The van der Waals surface area contributed by atoms with Crippen LogP contribution in [0.2, 0.25) is 0 Å². The zero-order valence-electron chi connectivity index (χ0n) is 16.3. The maximum absolute atomic E-state index is 13.1. The number of likely N-dealkylation sites (tertiary alicyclic amines) is 1. The lowest BCUT2D eigenvalue weighted by atomic mass is 10.2. The highest BCUT2D eigenvalue weighted by molar-refractivity contribution is 5.98. The Morgan fingerprint density at radius 2 is 1.75 bits per heavy atom. The van der Waals surface area contributed by atoms with Crippen molar-refractivity contribution in [2.45, 2.75) is 25.9 Å². The van der Waals surface area contributed by atoms with E-state index >= 15 is 0 Å². The third kappa shape index (κ3) is 2.96. The van der Waals surface area contributed by atoms with Crippen LogP contribution in [-0.4, -0.2) is 63.7 Å². The van der Waals surface area contributed by atoms with E-state index in [9.17, 15) is 9.59 Å². The molecule has 2 amide bonds. The summed E-state index contributed by atoms with van der Waals surface area (Å²) in [7, 11) is 4.78. The predicted octanol–water partition coefficient (Wildman–Crippen LogP) is 1.22. The Balaban J connectivity index is 1.59. The summed E-state index contributed by atoms with van der Waals surface area (Å²) in [6, 6.07) is 3.27. The maximum Gasteiger partial charge on any atom is 0.274 e. The van der Waals surface area contributed by atoms with Crippen LogP contribution < -0.4 is 9.47 Å². The molecule has 0 spiro atoms. The van der Waals surface area contributed by atoms with Gasteiger partial charge in [0.05, 0.1) is 33.0 Å². The summed E-state index contributed by atoms with van der Waals surface area (Å²) in [5, 5.41) is 4.43. The van der Waals surface area contributed by atoms with E-state index in [2.05, 4.69) is 10.1 Å². The van der Waals surface area contributed by atoms with Crippen LogP contribution >= 0.6 is 0 Å². The quantitative estimate of drug-likeness (QED) is 0.786. The number of pyridine rings is 1. The standard InChI is InChI=1S/C19H23N5O4/c1-22-14-11-24(18(25)12-6-7-15(27-2)20-17(12)28-3)10-13(14)16(21-22)19(26)23-8-4-5-9-23/h6-7H,4-5,8-11H2,1-3H3. The van der Waals surface area contributed by atoms with Gasteiger partial charge in [-0.05, 0) is 18.9 Å². The van der Waals surface area contributed by atoms with Crippen molar-refractivity contribution in [3.05, 3.63) is 34.6 Å². The van der Waals surface area contributed by atoms with E-state index in [4.69, 9.17) is 9.47 Å². The molecule has 1 fully saturated rings. The van der Waals surface area contributed by atoms with Crippen molar-refractivity contribution < 1.29 is 19.1 Å². The summed E-state index contributed by atoms with van der Waals surface area (Å²) in [6.07, 6.45) is 2.05. The molecule has 0 unspecified atom stereocenters. The predicted molar refractivity (Wildman–Crippen MR) is 99.3 cm³/mol. The van der Waals surface area contributed by atoms with E-state index in [1.807, 2.05) is 11.9 Å². The molecular weight excluding hydrogens is 362 g/mol. The number of nitrogens with zero attached hydrogens (tertiary/aromatic N) is 5. The summed E-state index contributed by atoms with van der Waals surface area (Å²) in [5.41, 5.74) is 2.52. The number of aryl methyl sites for hydroxylation is 1. The summed E-state index contributed by atoms with van der Waals surface area (Å²) in [5.74, 6) is 0.336. The number of carbonyl (C=O) groups is 2. The lowest BCUT2D eigenvalue weighted by Gasteiger charge is -2.18. The highest BCUT2D eigenvalue weighted by atomic mass is 16.5. The molecular formula is C19H23N5O4. The SMILES string of the molecule is COc1ccc(C(=O)N2Cc3c(C(=O)N4CCCC4)nn(C)c3C2)c(OC)n1. The summed E-state index contributed by atoms with van der Waals surface area (Å²) >= 11 is 0. The van der Waals surface area contributed by atoms with Crippen molar-refractivity contribution in [1.82, 2.24) is 24.6 Å². The monoisotopic (exact) mass is 385 g/mol. The molecule has 2 aromatic heterocycles. The highest BCUT2D eigenvalue weighted by Crippen LogP contribution is 2.30. The molecule has 0 saturated carbocycles. The lowest BCUT2D eigenvalue weighted by molar-refractivity contribution is 0.0732. The number of rotatable bonds is 4. The number of hydrogen-bond acceptors (Lipinski definition) is 6. The first-order valence-electron chi connectivity index (χ1n) is 9.25. The van der Waals surface area contributed by atoms with Gasteiger partial charge in [-0.15, -0.1) is 0 Å². The van der Waals surface area contributed by atoms with Crippen molar-refractivity contribution in [2.75, 3.05) is 27.3 Å². The second kappa shape index (κ2) is 7.14. The Kier molecular flexibility index (Phi) is 4.66. The minimum absolute atomic E-state index is 0.0488. The summed E-state index contributed by atoms with van der Waals surface area (Å²) in [4.78, 5) is 33.6. The fourth-order valence-electron chi connectivity index (χ4n) is 3.81. The van der Waals surface area contributed by atoms with E-state index in [1.165, 1.54) is 14.2 Å².